The van der Waals surface area contributed by atoms with Gasteiger partial charge >= 0.3 is 5.97 Å². The molecule has 5 nitrogen and oxygen atoms in total. The van der Waals surface area contributed by atoms with Gasteiger partial charge in [0.15, 0.2) is 5.78 Å². The van der Waals surface area contributed by atoms with Crippen molar-refractivity contribution < 1.29 is 19.1 Å². The van der Waals surface area contributed by atoms with Crippen LogP contribution in [0.15, 0.2) is 52.2 Å². The molecule has 0 radical (unpaired) electrons. The Morgan fingerprint density at radius 3 is 2.78 bits per heavy atom. The van der Waals surface area contributed by atoms with Crippen LogP contribution in [0.3, 0.4) is 0 Å². The van der Waals surface area contributed by atoms with Crippen LogP contribution in [0.4, 0.5) is 0 Å². The molecule has 0 bridgehead atoms. The van der Waals surface area contributed by atoms with Crippen LogP contribution >= 0.6 is 22.7 Å². The molecule has 2 aromatic heterocycles. The average Bonchev–Trinajstić information content (AvgIpc) is 3.53. The lowest BCUT2D eigenvalue weighted by atomic mass is 9.74. The first kappa shape index (κ1) is 21.6. The Morgan fingerprint density at radius 1 is 1.22 bits per heavy atom. The summed E-state index contributed by atoms with van der Waals surface area (Å²) in [7, 11) is 0. The third-order valence-electron chi connectivity index (χ3n) is 6.46. The first-order valence-electron chi connectivity index (χ1n) is 11.1. The summed E-state index contributed by atoms with van der Waals surface area (Å²) in [6, 6.07) is 8.23. The summed E-state index contributed by atoms with van der Waals surface area (Å²) < 4.78 is 11.3. The summed E-state index contributed by atoms with van der Waals surface area (Å²) in [5.41, 5.74) is 3.00. The molecule has 4 heterocycles. The number of rotatable bonds is 5. The van der Waals surface area contributed by atoms with Crippen molar-refractivity contribution in [2.24, 2.45) is 0 Å². The van der Waals surface area contributed by atoms with Crippen molar-refractivity contribution in [3.63, 3.8) is 0 Å². The van der Waals surface area contributed by atoms with E-state index in [1.807, 2.05) is 26.0 Å². The molecule has 2 aliphatic heterocycles. The van der Waals surface area contributed by atoms with Crippen molar-refractivity contribution in [1.29, 1.82) is 0 Å². The van der Waals surface area contributed by atoms with Crippen LogP contribution in [0.2, 0.25) is 0 Å². The van der Waals surface area contributed by atoms with Crippen LogP contribution in [-0.4, -0.2) is 31.1 Å². The lowest BCUT2D eigenvalue weighted by Gasteiger charge is -2.36. The van der Waals surface area contributed by atoms with Gasteiger partial charge in [0.1, 0.15) is 6.61 Å². The van der Waals surface area contributed by atoms with Crippen molar-refractivity contribution >= 4 is 34.4 Å². The number of ether oxygens (including phenoxy) is 2. The average molecular weight is 470 g/mol. The highest BCUT2D eigenvalue weighted by Gasteiger charge is 2.42. The summed E-state index contributed by atoms with van der Waals surface area (Å²) in [4.78, 5) is 30.2. The zero-order valence-corrected chi connectivity index (χ0v) is 19.9. The van der Waals surface area contributed by atoms with E-state index in [0.29, 0.717) is 12.0 Å². The third-order valence-corrected chi connectivity index (χ3v) is 8.56. The van der Waals surface area contributed by atoms with Crippen LogP contribution in [0.5, 0.6) is 0 Å². The normalized spacial score (nSPS) is 25.7. The van der Waals surface area contributed by atoms with Gasteiger partial charge in [-0.2, -0.15) is 0 Å². The van der Waals surface area contributed by atoms with Gasteiger partial charge in [-0.1, -0.05) is 6.07 Å². The summed E-state index contributed by atoms with van der Waals surface area (Å²) >= 11 is 3.34. The van der Waals surface area contributed by atoms with E-state index in [0.717, 1.165) is 52.6 Å². The SMILES string of the molecule is CC1=C(C(=O)OC[C@@H]2CCCO2)[C@@H](c2ccc(C)s2)C2=C(C[C@H](c3cccs3)CC2=O)N1. The summed E-state index contributed by atoms with van der Waals surface area (Å²) in [5, 5.41) is 5.48. The third kappa shape index (κ3) is 4.09. The van der Waals surface area contributed by atoms with Crippen LogP contribution in [0.25, 0.3) is 0 Å². The van der Waals surface area contributed by atoms with Gasteiger partial charge in [-0.15, -0.1) is 22.7 Å². The van der Waals surface area contributed by atoms with Crippen LogP contribution in [-0.2, 0) is 19.1 Å². The second-order valence-corrected chi connectivity index (χ2v) is 11.0. The molecular formula is C25H27NO4S2. The van der Waals surface area contributed by atoms with Crippen molar-refractivity contribution in [1.82, 2.24) is 5.32 Å². The monoisotopic (exact) mass is 469 g/mol. The van der Waals surface area contributed by atoms with Gasteiger partial charge < -0.3 is 14.8 Å². The van der Waals surface area contributed by atoms with E-state index in [1.54, 1.807) is 22.7 Å². The molecule has 2 aromatic rings. The first-order chi connectivity index (χ1) is 15.5. The minimum absolute atomic E-state index is 0.0310. The summed E-state index contributed by atoms with van der Waals surface area (Å²) in [6.07, 6.45) is 3.13. The Kier molecular flexibility index (Phi) is 6.05. The Morgan fingerprint density at radius 2 is 2.09 bits per heavy atom. The van der Waals surface area contributed by atoms with E-state index >= 15 is 0 Å². The lowest BCUT2D eigenvalue weighted by Crippen LogP contribution is -2.36. The Hall–Kier alpha value is -2.22. The number of carbonyl (C=O) groups is 2. The highest BCUT2D eigenvalue weighted by atomic mass is 32.1. The number of thiophene rings is 2. The number of dihydropyridines is 1. The molecule has 5 rings (SSSR count). The fraction of sp³-hybridized carbons (Fsp3) is 0.440. The number of nitrogens with one attached hydrogen (secondary N) is 1. The van der Waals surface area contributed by atoms with E-state index in [1.165, 1.54) is 4.88 Å². The number of esters is 1. The Labute approximate surface area is 196 Å². The van der Waals surface area contributed by atoms with E-state index in [4.69, 9.17) is 9.47 Å². The number of carbonyl (C=O) groups excluding carboxylic acids is 2. The molecule has 0 aromatic carbocycles. The fourth-order valence-electron chi connectivity index (χ4n) is 4.95. The Balaban J connectivity index is 1.48. The minimum atomic E-state index is -0.376. The zero-order valence-electron chi connectivity index (χ0n) is 18.3. The quantitative estimate of drug-likeness (QED) is 0.610. The summed E-state index contributed by atoms with van der Waals surface area (Å²) in [5.74, 6) is -0.439. The van der Waals surface area contributed by atoms with E-state index < -0.39 is 0 Å². The standard InChI is InChI=1S/C25H27NO4S2/c1-14-7-8-21(32-14)24-22(25(28)30-13-17-5-3-9-29-17)15(2)26-18-11-16(12-19(27)23(18)24)20-6-4-10-31-20/h4,6-8,10,16-17,24,26H,3,5,9,11-13H2,1-2H3/t16-,17-,24+/m0/s1. The largest absolute Gasteiger partial charge is 0.459 e. The van der Waals surface area contributed by atoms with E-state index in [-0.39, 0.29) is 36.3 Å². The zero-order chi connectivity index (χ0) is 22.2. The first-order valence-corrected chi connectivity index (χ1v) is 12.8. The highest BCUT2D eigenvalue weighted by Crippen LogP contribution is 2.47. The predicted molar refractivity (Wildman–Crippen MR) is 126 cm³/mol. The molecule has 3 aliphatic rings. The maximum atomic E-state index is 13.5. The molecule has 168 valence electrons. The second-order valence-electron chi connectivity index (χ2n) is 8.71. The molecule has 3 atom stereocenters. The van der Waals surface area contributed by atoms with Crippen LogP contribution in [0, 0.1) is 6.92 Å². The molecule has 0 amide bonds. The van der Waals surface area contributed by atoms with Gasteiger partial charge in [0, 0.05) is 50.5 Å². The number of allylic oxidation sites excluding steroid dienone is 3. The van der Waals surface area contributed by atoms with Crippen molar-refractivity contribution in [3.05, 3.63) is 66.8 Å². The molecule has 1 N–H and O–H groups in total. The van der Waals surface area contributed by atoms with Crippen LogP contribution in [0.1, 0.15) is 59.1 Å². The van der Waals surface area contributed by atoms with Gasteiger partial charge in [0.25, 0.3) is 0 Å². The van der Waals surface area contributed by atoms with Crippen molar-refractivity contribution in [2.75, 3.05) is 13.2 Å². The van der Waals surface area contributed by atoms with Gasteiger partial charge in [0.05, 0.1) is 17.6 Å². The van der Waals surface area contributed by atoms with E-state index in [2.05, 4.69) is 22.8 Å². The van der Waals surface area contributed by atoms with Gasteiger partial charge in [-0.25, -0.2) is 4.79 Å². The highest BCUT2D eigenvalue weighted by molar-refractivity contribution is 7.12. The molecule has 0 unspecified atom stereocenters. The van der Waals surface area contributed by atoms with Crippen molar-refractivity contribution in [3.8, 4) is 0 Å². The fourth-order valence-corrected chi connectivity index (χ4v) is 6.78. The molecular weight excluding hydrogens is 442 g/mol. The predicted octanol–water partition coefficient (Wildman–Crippen LogP) is 5.20. The smallest absolute Gasteiger partial charge is 0.336 e. The van der Waals surface area contributed by atoms with E-state index in [9.17, 15) is 9.59 Å². The molecule has 1 fully saturated rings. The molecule has 0 spiro atoms. The number of aryl methyl sites for hydroxylation is 1. The maximum Gasteiger partial charge on any atom is 0.336 e. The van der Waals surface area contributed by atoms with Gasteiger partial charge in [-0.05, 0) is 56.7 Å². The second kappa shape index (κ2) is 8.96. The topological polar surface area (TPSA) is 64.6 Å². The molecule has 1 saturated heterocycles. The molecule has 32 heavy (non-hydrogen) atoms. The van der Waals surface area contributed by atoms with Gasteiger partial charge in [-0.3, -0.25) is 4.79 Å². The van der Waals surface area contributed by atoms with Crippen LogP contribution < -0.4 is 5.32 Å². The van der Waals surface area contributed by atoms with Gasteiger partial charge in [0.2, 0.25) is 0 Å². The number of ketones is 1. The number of Topliss-reactive ketones (excluding diaryl/α,β-unsaturated/α-hetero) is 1. The minimum Gasteiger partial charge on any atom is -0.459 e. The molecule has 0 saturated carbocycles. The maximum absolute atomic E-state index is 13.5. The molecule has 1 aliphatic carbocycles. The number of hydrogen-bond donors (Lipinski definition) is 1. The summed E-state index contributed by atoms with van der Waals surface area (Å²) in [6.45, 7) is 4.94. The lowest BCUT2D eigenvalue weighted by molar-refractivity contribution is -0.142. The van der Waals surface area contributed by atoms with Crippen molar-refractivity contribution in [2.45, 2.75) is 57.5 Å². The Bertz CT molecular complexity index is 1090. The number of hydrogen-bond acceptors (Lipinski definition) is 7. The molecule has 7 heteroatoms.